The standard InChI is InChI=1S/C12H16BrNO2/c1-12(2)9(11(12)14)6-4-7(13)10(15)8(5-6)16-3/h4-5,9,11,15H,14H2,1-3H3/t9-,11-/m1/s1. The second kappa shape index (κ2) is 3.64. The molecule has 1 aliphatic rings. The SMILES string of the molecule is COc1cc([C@@H]2[C@@H](N)C2(C)C)cc(Br)c1O. The molecule has 0 aromatic heterocycles. The summed E-state index contributed by atoms with van der Waals surface area (Å²) in [4.78, 5) is 0. The molecule has 2 atom stereocenters. The van der Waals surface area contributed by atoms with Crippen molar-refractivity contribution in [2.75, 3.05) is 7.11 Å². The highest BCUT2D eigenvalue weighted by Crippen LogP contribution is 2.58. The quantitative estimate of drug-likeness (QED) is 0.878. The molecule has 1 aliphatic carbocycles. The first-order chi connectivity index (χ1) is 7.39. The summed E-state index contributed by atoms with van der Waals surface area (Å²) in [6.07, 6.45) is 0. The van der Waals surface area contributed by atoms with Crippen LogP contribution in [-0.2, 0) is 0 Å². The zero-order valence-electron chi connectivity index (χ0n) is 9.62. The first-order valence-electron chi connectivity index (χ1n) is 5.21. The fourth-order valence-corrected chi connectivity index (χ4v) is 2.70. The van der Waals surface area contributed by atoms with Gasteiger partial charge in [-0.1, -0.05) is 13.8 Å². The molecule has 0 saturated heterocycles. The smallest absolute Gasteiger partial charge is 0.172 e. The van der Waals surface area contributed by atoms with Crippen LogP contribution in [0.3, 0.4) is 0 Å². The fourth-order valence-electron chi connectivity index (χ4n) is 2.24. The molecule has 0 spiro atoms. The van der Waals surface area contributed by atoms with E-state index in [2.05, 4.69) is 29.8 Å². The van der Waals surface area contributed by atoms with Crippen LogP contribution in [0.25, 0.3) is 0 Å². The summed E-state index contributed by atoms with van der Waals surface area (Å²) >= 11 is 3.32. The lowest BCUT2D eigenvalue weighted by atomic mass is 10.0. The van der Waals surface area contributed by atoms with Gasteiger partial charge >= 0.3 is 0 Å². The Bertz CT molecular complexity index is 431. The van der Waals surface area contributed by atoms with Gasteiger partial charge in [-0.3, -0.25) is 0 Å². The molecule has 16 heavy (non-hydrogen) atoms. The van der Waals surface area contributed by atoms with Crippen molar-refractivity contribution in [3.63, 3.8) is 0 Å². The van der Waals surface area contributed by atoms with Crippen LogP contribution in [0.5, 0.6) is 11.5 Å². The summed E-state index contributed by atoms with van der Waals surface area (Å²) < 4.78 is 5.78. The van der Waals surface area contributed by atoms with Crippen molar-refractivity contribution in [3.05, 3.63) is 22.2 Å². The van der Waals surface area contributed by atoms with Crippen molar-refractivity contribution in [1.29, 1.82) is 0 Å². The maximum atomic E-state index is 9.72. The molecule has 2 rings (SSSR count). The molecule has 1 aromatic carbocycles. The third-order valence-electron chi connectivity index (χ3n) is 3.54. The highest BCUT2D eigenvalue weighted by atomic mass is 79.9. The van der Waals surface area contributed by atoms with Gasteiger partial charge in [-0.05, 0) is 39.0 Å². The van der Waals surface area contributed by atoms with E-state index in [9.17, 15) is 5.11 Å². The lowest BCUT2D eigenvalue weighted by Gasteiger charge is -2.09. The van der Waals surface area contributed by atoms with Gasteiger partial charge in [0, 0.05) is 12.0 Å². The molecular weight excluding hydrogens is 270 g/mol. The Labute approximate surface area is 104 Å². The minimum absolute atomic E-state index is 0.126. The number of rotatable bonds is 2. The molecule has 88 valence electrons. The highest BCUT2D eigenvalue weighted by Gasteiger charge is 2.56. The maximum absolute atomic E-state index is 9.72. The first-order valence-corrected chi connectivity index (χ1v) is 6.01. The van der Waals surface area contributed by atoms with Gasteiger partial charge in [-0.15, -0.1) is 0 Å². The van der Waals surface area contributed by atoms with Gasteiger partial charge in [0.25, 0.3) is 0 Å². The molecule has 0 unspecified atom stereocenters. The molecule has 4 heteroatoms. The van der Waals surface area contributed by atoms with E-state index in [4.69, 9.17) is 10.5 Å². The first kappa shape index (κ1) is 11.7. The number of phenols is 1. The number of hydrogen-bond acceptors (Lipinski definition) is 3. The van der Waals surface area contributed by atoms with Gasteiger partial charge in [-0.2, -0.15) is 0 Å². The molecule has 3 N–H and O–H groups in total. The Kier molecular flexibility index (Phi) is 2.67. The van der Waals surface area contributed by atoms with Crippen molar-refractivity contribution in [2.24, 2.45) is 11.1 Å². The molecule has 0 amide bonds. The van der Waals surface area contributed by atoms with Crippen LogP contribution in [-0.4, -0.2) is 18.3 Å². The van der Waals surface area contributed by atoms with Crippen LogP contribution in [0.1, 0.15) is 25.3 Å². The number of benzene rings is 1. The van der Waals surface area contributed by atoms with Gasteiger partial charge in [0.05, 0.1) is 11.6 Å². The largest absolute Gasteiger partial charge is 0.503 e. The van der Waals surface area contributed by atoms with Gasteiger partial charge < -0.3 is 15.6 Å². The van der Waals surface area contributed by atoms with Crippen LogP contribution in [0.2, 0.25) is 0 Å². The number of hydrogen-bond donors (Lipinski definition) is 2. The summed E-state index contributed by atoms with van der Waals surface area (Å²) in [5.74, 6) is 0.954. The van der Waals surface area contributed by atoms with Crippen LogP contribution < -0.4 is 10.5 Å². The maximum Gasteiger partial charge on any atom is 0.172 e. The molecule has 0 bridgehead atoms. The number of methoxy groups -OCH3 is 1. The van der Waals surface area contributed by atoms with Crippen molar-refractivity contribution < 1.29 is 9.84 Å². The van der Waals surface area contributed by atoms with E-state index >= 15 is 0 Å². The predicted octanol–water partition coefficient (Wildman–Crippen LogP) is 2.61. The summed E-state index contributed by atoms with van der Waals surface area (Å²) in [5, 5.41) is 9.72. The number of phenolic OH excluding ortho intramolecular Hbond substituents is 1. The van der Waals surface area contributed by atoms with E-state index in [0.29, 0.717) is 16.1 Å². The minimum atomic E-state index is 0.126. The average molecular weight is 286 g/mol. The summed E-state index contributed by atoms with van der Waals surface area (Å²) in [7, 11) is 1.54. The summed E-state index contributed by atoms with van der Waals surface area (Å²) in [5.41, 5.74) is 7.27. The summed E-state index contributed by atoms with van der Waals surface area (Å²) in [6.45, 7) is 4.30. The molecule has 3 nitrogen and oxygen atoms in total. The third-order valence-corrected chi connectivity index (χ3v) is 4.14. The second-order valence-electron chi connectivity index (χ2n) is 4.88. The number of ether oxygens (including phenoxy) is 1. The topological polar surface area (TPSA) is 55.5 Å². The predicted molar refractivity (Wildman–Crippen MR) is 66.9 cm³/mol. The van der Waals surface area contributed by atoms with Crippen LogP contribution in [0, 0.1) is 5.41 Å². The van der Waals surface area contributed by atoms with Crippen LogP contribution in [0.15, 0.2) is 16.6 Å². The summed E-state index contributed by atoms with van der Waals surface area (Å²) in [6, 6.07) is 3.95. The zero-order chi connectivity index (χ0) is 12.1. The van der Waals surface area contributed by atoms with E-state index in [-0.39, 0.29) is 17.2 Å². The normalized spacial score (nSPS) is 26.6. The van der Waals surface area contributed by atoms with E-state index < -0.39 is 0 Å². The van der Waals surface area contributed by atoms with Crippen molar-refractivity contribution in [2.45, 2.75) is 25.8 Å². The highest BCUT2D eigenvalue weighted by molar-refractivity contribution is 9.10. The van der Waals surface area contributed by atoms with E-state index in [1.165, 1.54) is 0 Å². The van der Waals surface area contributed by atoms with Gasteiger partial charge in [-0.25, -0.2) is 0 Å². The van der Waals surface area contributed by atoms with E-state index in [0.717, 1.165) is 5.56 Å². The Morgan fingerprint density at radius 3 is 2.44 bits per heavy atom. The number of halogens is 1. The van der Waals surface area contributed by atoms with E-state index in [1.807, 2.05) is 12.1 Å². The van der Waals surface area contributed by atoms with Crippen molar-refractivity contribution >= 4 is 15.9 Å². The molecular formula is C12H16BrNO2. The average Bonchev–Trinajstić information content (AvgIpc) is 2.71. The Morgan fingerprint density at radius 2 is 2.00 bits per heavy atom. The lowest BCUT2D eigenvalue weighted by Crippen LogP contribution is -2.06. The van der Waals surface area contributed by atoms with Gasteiger partial charge in [0.2, 0.25) is 0 Å². The molecule has 1 saturated carbocycles. The Morgan fingerprint density at radius 1 is 1.44 bits per heavy atom. The monoisotopic (exact) mass is 285 g/mol. The zero-order valence-corrected chi connectivity index (χ0v) is 11.2. The molecule has 0 radical (unpaired) electrons. The second-order valence-corrected chi connectivity index (χ2v) is 5.73. The Hall–Kier alpha value is -0.740. The molecule has 0 aliphatic heterocycles. The minimum Gasteiger partial charge on any atom is -0.503 e. The van der Waals surface area contributed by atoms with E-state index in [1.54, 1.807) is 7.11 Å². The van der Waals surface area contributed by atoms with Crippen molar-refractivity contribution in [1.82, 2.24) is 0 Å². The lowest BCUT2D eigenvalue weighted by molar-refractivity contribution is 0.371. The van der Waals surface area contributed by atoms with Crippen LogP contribution in [0.4, 0.5) is 0 Å². The van der Waals surface area contributed by atoms with Crippen molar-refractivity contribution in [3.8, 4) is 11.5 Å². The number of aromatic hydroxyl groups is 1. The molecule has 0 heterocycles. The third kappa shape index (κ3) is 1.60. The fraction of sp³-hybridized carbons (Fsp3) is 0.500. The van der Waals surface area contributed by atoms with Gasteiger partial charge in [0.1, 0.15) is 0 Å². The number of nitrogens with two attached hydrogens (primary N) is 1. The van der Waals surface area contributed by atoms with Gasteiger partial charge in [0.15, 0.2) is 11.5 Å². The molecule has 1 aromatic rings. The molecule has 1 fully saturated rings. The Balaban J connectivity index is 2.41. The van der Waals surface area contributed by atoms with Crippen LogP contribution >= 0.6 is 15.9 Å².